The Hall–Kier alpha value is -2.30. The molecule has 0 unspecified atom stereocenters. The molecule has 0 fully saturated rings. The molecule has 0 aliphatic heterocycles. The van der Waals surface area contributed by atoms with E-state index in [4.69, 9.17) is 9.84 Å². The van der Waals surface area contributed by atoms with Crippen molar-refractivity contribution in [3.8, 4) is 0 Å². The number of carbonyl (C=O) groups excluding carboxylic acids is 1. The van der Waals surface area contributed by atoms with Crippen molar-refractivity contribution < 1.29 is 19.4 Å². The van der Waals surface area contributed by atoms with Crippen LogP contribution >= 0.6 is 0 Å². The van der Waals surface area contributed by atoms with Crippen LogP contribution in [0.25, 0.3) is 10.9 Å². The standard InChI is InChI=1S/C14H15NO4/c1-2-3-8-19-14(18)11-9-6-4-5-7-10(9)15-12(11)13(16)17/h4-7,15H,2-3,8H2,1H3,(H,16,17). The van der Waals surface area contributed by atoms with Gasteiger partial charge in [-0.15, -0.1) is 0 Å². The second kappa shape index (κ2) is 5.56. The molecule has 2 N–H and O–H groups in total. The topological polar surface area (TPSA) is 79.4 Å². The number of benzene rings is 1. The van der Waals surface area contributed by atoms with E-state index >= 15 is 0 Å². The van der Waals surface area contributed by atoms with Crippen LogP contribution in [0.2, 0.25) is 0 Å². The van der Waals surface area contributed by atoms with Gasteiger partial charge in [0.1, 0.15) is 5.69 Å². The first kappa shape index (κ1) is 13.1. The lowest BCUT2D eigenvalue weighted by atomic mass is 10.1. The average molecular weight is 261 g/mol. The maximum absolute atomic E-state index is 12.0. The van der Waals surface area contributed by atoms with Crippen LogP contribution in [-0.2, 0) is 4.74 Å². The molecule has 0 bridgehead atoms. The molecule has 1 heterocycles. The van der Waals surface area contributed by atoms with Gasteiger partial charge in [0.15, 0.2) is 0 Å². The molecule has 0 aliphatic rings. The summed E-state index contributed by atoms with van der Waals surface area (Å²) in [4.78, 5) is 25.9. The molecule has 0 amide bonds. The van der Waals surface area contributed by atoms with Gasteiger partial charge in [0, 0.05) is 10.9 Å². The Morgan fingerprint density at radius 3 is 2.74 bits per heavy atom. The van der Waals surface area contributed by atoms with Crippen LogP contribution in [0.5, 0.6) is 0 Å². The van der Waals surface area contributed by atoms with E-state index in [1.165, 1.54) is 0 Å². The molecule has 0 atom stereocenters. The van der Waals surface area contributed by atoms with Crippen molar-refractivity contribution in [2.24, 2.45) is 0 Å². The lowest BCUT2D eigenvalue weighted by Crippen LogP contribution is -2.11. The van der Waals surface area contributed by atoms with Crippen LogP contribution in [0.15, 0.2) is 24.3 Å². The van der Waals surface area contributed by atoms with Crippen molar-refractivity contribution in [1.29, 1.82) is 0 Å². The monoisotopic (exact) mass is 261 g/mol. The van der Waals surface area contributed by atoms with Crippen molar-refractivity contribution in [2.45, 2.75) is 19.8 Å². The molecule has 2 aromatic rings. The second-order valence-corrected chi connectivity index (χ2v) is 4.22. The van der Waals surface area contributed by atoms with Crippen molar-refractivity contribution in [2.75, 3.05) is 6.61 Å². The number of esters is 1. The zero-order valence-electron chi connectivity index (χ0n) is 10.6. The molecule has 19 heavy (non-hydrogen) atoms. The second-order valence-electron chi connectivity index (χ2n) is 4.22. The van der Waals surface area contributed by atoms with Crippen molar-refractivity contribution in [3.05, 3.63) is 35.5 Å². The lowest BCUT2D eigenvalue weighted by molar-refractivity contribution is 0.0491. The van der Waals surface area contributed by atoms with Gasteiger partial charge in [-0.05, 0) is 12.5 Å². The highest BCUT2D eigenvalue weighted by Crippen LogP contribution is 2.23. The zero-order chi connectivity index (χ0) is 13.8. The Morgan fingerprint density at radius 1 is 1.32 bits per heavy atom. The summed E-state index contributed by atoms with van der Waals surface area (Å²) in [7, 11) is 0. The predicted molar refractivity (Wildman–Crippen MR) is 70.4 cm³/mol. The number of aromatic amines is 1. The molecule has 100 valence electrons. The highest BCUT2D eigenvalue weighted by Gasteiger charge is 2.23. The molecular formula is C14H15NO4. The van der Waals surface area contributed by atoms with E-state index in [0.717, 1.165) is 12.8 Å². The predicted octanol–water partition coefficient (Wildman–Crippen LogP) is 2.82. The quantitative estimate of drug-likeness (QED) is 0.640. The molecule has 0 radical (unpaired) electrons. The van der Waals surface area contributed by atoms with E-state index < -0.39 is 11.9 Å². The molecule has 1 aromatic heterocycles. The van der Waals surface area contributed by atoms with Gasteiger partial charge < -0.3 is 14.8 Å². The number of unbranched alkanes of at least 4 members (excludes halogenated alkanes) is 1. The number of carbonyl (C=O) groups is 2. The molecule has 0 aliphatic carbocycles. The summed E-state index contributed by atoms with van der Waals surface area (Å²) >= 11 is 0. The third kappa shape index (κ3) is 2.59. The van der Waals surface area contributed by atoms with Gasteiger partial charge in [-0.1, -0.05) is 31.5 Å². The molecular weight excluding hydrogens is 246 g/mol. The maximum atomic E-state index is 12.0. The van der Waals surface area contributed by atoms with Gasteiger partial charge in [0.25, 0.3) is 0 Å². The van der Waals surface area contributed by atoms with Gasteiger partial charge in [-0.2, -0.15) is 0 Å². The minimum absolute atomic E-state index is 0.0965. The number of carboxylic acids is 1. The van der Waals surface area contributed by atoms with Crippen LogP contribution < -0.4 is 0 Å². The summed E-state index contributed by atoms with van der Waals surface area (Å²) in [6.45, 7) is 2.29. The molecule has 5 nitrogen and oxygen atoms in total. The molecule has 0 saturated carbocycles. The number of H-pyrrole nitrogens is 1. The Labute approximate surface area is 110 Å². The van der Waals surface area contributed by atoms with Crippen molar-refractivity contribution >= 4 is 22.8 Å². The highest BCUT2D eigenvalue weighted by molar-refractivity contribution is 6.12. The summed E-state index contributed by atoms with van der Waals surface area (Å²) < 4.78 is 5.10. The van der Waals surface area contributed by atoms with E-state index in [1.807, 2.05) is 6.92 Å². The SMILES string of the molecule is CCCCOC(=O)c1c(C(=O)O)[nH]c2ccccc12. The fourth-order valence-electron chi connectivity index (χ4n) is 1.90. The van der Waals surface area contributed by atoms with E-state index in [2.05, 4.69) is 4.98 Å². The van der Waals surface area contributed by atoms with Gasteiger partial charge in [0.05, 0.1) is 12.2 Å². The van der Waals surface area contributed by atoms with Crippen LogP contribution in [-0.4, -0.2) is 28.6 Å². The number of aromatic carboxylic acids is 1. The Kier molecular flexibility index (Phi) is 3.85. The van der Waals surface area contributed by atoms with E-state index in [1.54, 1.807) is 24.3 Å². The first-order valence-corrected chi connectivity index (χ1v) is 6.16. The maximum Gasteiger partial charge on any atom is 0.353 e. The normalized spacial score (nSPS) is 10.6. The third-order valence-corrected chi connectivity index (χ3v) is 2.86. The summed E-state index contributed by atoms with van der Waals surface area (Å²) in [5.74, 6) is -1.76. The largest absolute Gasteiger partial charge is 0.477 e. The molecule has 0 saturated heterocycles. The molecule has 2 rings (SSSR count). The fourth-order valence-corrected chi connectivity index (χ4v) is 1.90. The Bertz CT molecular complexity index is 615. The molecule has 0 spiro atoms. The van der Waals surface area contributed by atoms with Crippen LogP contribution in [0.3, 0.4) is 0 Å². The zero-order valence-corrected chi connectivity index (χ0v) is 10.6. The lowest BCUT2D eigenvalue weighted by Gasteiger charge is -2.03. The Balaban J connectivity index is 2.41. The average Bonchev–Trinajstić information content (AvgIpc) is 2.78. The number of hydrogen-bond donors (Lipinski definition) is 2. The van der Waals surface area contributed by atoms with Gasteiger partial charge in [0.2, 0.25) is 0 Å². The van der Waals surface area contributed by atoms with Crippen LogP contribution in [0.4, 0.5) is 0 Å². The minimum atomic E-state index is -1.17. The number of fused-ring (bicyclic) bond motifs is 1. The molecule has 1 aromatic carbocycles. The first-order valence-electron chi connectivity index (χ1n) is 6.16. The number of para-hydroxylation sites is 1. The van der Waals surface area contributed by atoms with Crippen LogP contribution in [0.1, 0.15) is 40.6 Å². The number of hydrogen-bond acceptors (Lipinski definition) is 3. The first-order chi connectivity index (χ1) is 9.15. The number of rotatable bonds is 5. The minimum Gasteiger partial charge on any atom is -0.477 e. The summed E-state index contributed by atoms with van der Waals surface area (Å²) in [5.41, 5.74) is 0.587. The third-order valence-electron chi connectivity index (χ3n) is 2.86. The fraction of sp³-hybridized carbons (Fsp3) is 0.286. The van der Waals surface area contributed by atoms with E-state index in [-0.39, 0.29) is 11.3 Å². The Morgan fingerprint density at radius 2 is 2.05 bits per heavy atom. The van der Waals surface area contributed by atoms with Gasteiger partial charge in [-0.3, -0.25) is 0 Å². The van der Waals surface area contributed by atoms with Gasteiger partial charge in [-0.25, -0.2) is 9.59 Å². The number of nitrogens with one attached hydrogen (secondary N) is 1. The van der Waals surface area contributed by atoms with Gasteiger partial charge >= 0.3 is 11.9 Å². The number of aromatic nitrogens is 1. The number of carboxylic acid groups (broad SMARTS) is 1. The summed E-state index contributed by atoms with van der Waals surface area (Å²) in [6.07, 6.45) is 1.67. The molecule has 5 heteroatoms. The number of ether oxygens (including phenoxy) is 1. The van der Waals surface area contributed by atoms with E-state index in [0.29, 0.717) is 17.5 Å². The van der Waals surface area contributed by atoms with E-state index in [9.17, 15) is 9.59 Å². The van der Waals surface area contributed by atoms with Crippen molar-refractivity contribution in [3.63, 3.8) is 0 Å². The highest BCUT2D eigenvalue weighted by atomic mass is 16.5. The smallest absolute Gasteiger partial charge is 0.353 e. The summed E-state index contributed by atoms with van der Waals surface area (Å²) in [5, 5.41) is 9.72. The van der Waals surface area contributed by atoms with Crippen LogP contribution in [0, 0.1) is 0 Å². The summed E-state index contributed by atoms with van der Waals surface area (Å²) in [6, 6.07) is 6.96. The van der Waals surface area contributed by atoms with Crippen molar-refractivity contribution in [1.82, 2.24) is 4.98 Å².